The number of rotatable bonds is 3. The molecule has 94 valence electrons. The summed E-state index contributed by atoms with van der Waals surface area (Å²) in [6.45, 7) is 3.44. The Morgan fingerprint density at radius 2 is 1.94 bits per heavy atom. The molecule has 5 heteroatoms. The van der Waals surface area contributed by atoms with Gasteiger partial charge in [0.15, 0.2) is 5.16 Å². The molecule has 0 unspecified atom stereocenters. The summed E-state index contributed by atoms with van der Waals surface area (Å²) in [5.74, 6) is -0.415. The van der Waals surface area contributed by atoms with Gasteiger partial charge in [0.2, 0.25) is 0 Å². The molecule has 1 aromatic heterocycles. The van der Waals surface area contributed by atoms with Gasteiger partial charge in [0.25, 0.3) is 0 Å². The van der Waals surface area contributed by atoms with Crippen LogP contribution in [0.2, 0.25) is 0 Å². The fourth-order valence-electron chi connectivity index (χ4n) is 1.54. The highest BCUT2D eigenvalue weighted by atomic mass is 32.2. The van der Waals surface area contributed by atoms with Crippen LogP contribution in [0.4, 0.5) is 4.39 Å². The Bertz CT molecular complexity index is 543. The molecular formula is C13H13FN2OS. The third-order valence-electron chi connectivity index (χ3n) is 2.39. The van der Waals surface area contributed by atoms with Crippen LogP contribution in [-0.2, 0) is 0 Å². The van der Waals surface area contributed by atoms with Crippen molar-refractivity contribution < 1.29 is 9.50 Å². The SMILES string of the molecule is Cc1cnc(Sc2cccc(F)c2[C@@H](C)O)nc1. The van der Waals surface area contributed by atoms with Crippen molar-refractivity contribution in [3.8, 4) is 0 Å². The summed E-state index contributed by atoms with van der Waals surface area (Å²) in [6.07, 6.45) is 2.55. The number of aryl methyl sites for hydroxylation is 1. The molecule has 18 heavy (non-hydrogen) atoms. The summed E-state index contributed by atoms with van der Waals surface area (Å²) in [5.41, 5.74) is 1.25. The Labute approximate surface area is 109 Å². The number of aliphatic hydroxyl groups is 1. The first-order valence-corrected chi connectivity index (χ1v) is 6.32. The van der Waals surface area contributed by atoms with Crippen molar-refractivity contribution in [3.05, 3.63) is 47.5 Å². The van der Waals surface area contributed by atoms with E-state index in [0.717, 1.165) is 5.56 Å². The van der Waals surface area contributed by atoms with Crippen molar-refractivity contribution in [2.24, 2.45) is 0 Å². The lowest BCUT2D eigenvalue weighted by Crippen LogP contribution is -1.99. The van der Waals surface area contributed by atoms with Crippen LogP contribution in [-0.4, -0.2) is 15.1 Å². The molecule has 1 aromatic carbocycles. The fourth-order valence-corrected chi connectivity index (χ4v) is 2.48. The van der Waals surface area contributed by atoms with Gasteiger partial charge in [0.05, 0.1) is 6.10 Å². The van der Waals surface area contributed by atoms with Crippen LogP contribution in [0.3, 0.4) is 0 Å². The zero-order valence-corrected chi connectivity index (χ0v) is 10.9. The van der Waals surface area contributed by atoms with Crippen molar-refractivity contribution in [1.82, 2.24) is 9.97 Å². The second kappa shape index (κ2) is 5.46. The third-order valence-corrected chi connectivity index (χ3v) is 3.36. The van der Waals surface area contributed by atoms with E-state index >= 15 is 0 Å². The number of hydrogen-bond donors (Lipinski definition) is 1. The molecule has 0 aliphatic heterocycles. The topological polar surface area (TPSA) is 46.0 Å². The van der Waals surface area contributed by atoms with Crippen LogP contribution < -0.4 is 0 Å². The zero-order valence-electron chi connectivity index (χ0n) is 10.1. The van der Waals surface area contributed by atoms with E-state index < -0.39 is 11.9 Å². The zero-order chi connectivity index (χ0) is 13.1. The highest BCUT2D eigenvalue weighted by Crippen LogP contribution is 2.32. The van der Waals surface area contributed by atoms with Gasteiger partial charge < -0.3 is 5.11 Å². The molecule has 3 nitrogen and oxygen atoms in total. The molecule has 0 aliphatic rings. The van der Waals surface area contributed by atoms with Crippen LogP contribution in [0.15, 0.2) is 40.6 Å². The maximum absolute atomic E-state index is 13.7. The van der Waals surface area contributed by atoms with Gasteiger partial charge in [-0.25, -0.2) is 14.4 Å². The summed E-state index contributed by atoms with van der Waals surface area (Å²) >= 11 is 1.24. The molecule has 2 aromatic rings. The summed E-state index contributed by atoms with van der Waals surface area (Å²) in [7, 11) is 0. The normalized spacial score (nSPS) is 12.4. The molecule has 0 saturated carbocycles. The molecule has 0 aliphatic carbocycles. The molecule has 0 amide bonds. The van der Waals surface area contributed by atoms with Crippen LogP contribution >= 0.6 is 11.8 Å². The molecule has 0 spiro atoms. The molecule has 0 bridgehead atoms. The van der Waals surface area contributed by atoms with Crippen LogP contribution in [0, 0.1) is 12.7 Å². The van der Waals surface area contributed by atoms with Gasteiger partial charge in [0.1, 0.15) is 5.82 Å². The maximum atomic E-state index is 13.7. The van der Waals surface area contributed by atoms with Crippen molar-refractivity contribution in [3.63, 3.8) is 0 Å². The highest BCUT2D eigenvalue weighted by Gasteiger charge is 2.15. The van der Waals surface area contributed by atoms with Gasteiger partial charge in [0, 0.05) is 22.9 Å². The van der Waals surface area contributed by atoms with Gasteiger partial charge in [-0.2, -0.15) is 0 Å². The molecule has 1 heterocycles. The first kappa shape index (κ1) is 13.0. The standard InChI is InChI=1S/C13H13FN2OS/c1-8-6-15-13(16-7-8)18-11-5-3-4-10(14)12(11)9(2)17/h3-7,9,17H,1-2H3/t9-/m1/s1. The van der Waals surface area contributed by atoms with E-state index in [1.807, 2.05) is 6.92 Å². The summed E-state index contributed by atoms with van der Waals surface area (Å²) in [5, 5.41) is 10.1. The Balaban J connectivity index is 2.34. The van der Waals surface area contributed by atoms with E-state index in [4.69, 9.17) is 0 Å². The minimum atomic E-state index is -0.862. The van der Waals surface area contributed by atoms with Gasteiger partial charge in [-0.15, -0.1) is 0 Å². The average Bonchev–Trinajstić information content (AvgIpc) is 2.32. The van der Waals surface area contributed by atoms with E-state index in [-0.39, 0.29) is 5.56 Å². The van der Waals surface area contributed by atoms with Crippen molar-refractivity contribution in [2.75, 3.05) is 0 Å². The van der Waals surface area contributed by atoms with E-state index in [1.54, 1.807) is 31.5 Å². The molecule has 1 atom stereocenters. The predicted octanol–water partition coefficient (Wildman–Crippen LogP) is 3.13. The Morgan fingerprint density at radius 1 is 1.28 bits per heavy atom. The lowest BCUT2D eigenvalue weighted by atomic mass is 10.1. The lowest BCUT2D eigenvalue weighted by Gasteiger charge is -2.11. The van der Waals surface area contributed by atoms with E-state index in [2.05, 4.69) is 9.97 Å². The monoisotopic (exact) mass is 264 g/mol. The number of aromatic nitrogens is 2. The lowest BCUT2D eigenvalue weighted by molar-refractivity contribution is 0.191. The van der Waals surface area contributed by atoms with E-state index in [1.165, 1.54) is 17.8 Å². The minimum Gasteiger partial charge on any atom is -0.389 e. The number of aliphatic hydroxyl groups excluding tert-OH is 1. The van der Waals surface area contributed by atoms with Crippen LogP contribution in [0.25, 0.3) is 0 Å². The number of nitrogens with zero attached hydrogens (tertiary/aromatic N) is 2. The number of benzene rings is 1. The second-order valence-corrected chi connectivity index (χ2v) is 4.98. The van der Waals surface area contributed by atoms with Gasteiger partial charge in [-0.05, 0) is 43.3 Å². The van der Waals surface area contributed by atoms with E-state index in [0.29, 0.717) is 10.1 Å². The molecule has 1 N–H and O–H groups in total. The molecule has 0 fully saturated rings. The number of halogens is 1. The maximum Gasteiger partial charge on any atom is 0.192 e. The van der Waals surface area contributed by atoms with Gasteiger partial charge >= 0.3 is 0 Å². The first-order valence-electron chi connectivity index (χ1n) is 5.51. The molecule has 0 saturated heterocycles. The summed E-state index contributed by atoms with van der Waals surface area (Å²) in [6, 6.07) is 4.69. The Morgan fingerprint density at radius 3 is 2.56 bits per heavy atom. The first-order chi connectivity index (χ1) is 8.58. The van der Waals surface area contributed by atoms with Crippen molar-refractivity contribution in [1.29, 1.82) is 0 Å². The predicted molar refractivity (Wildman–Crippen MR) is 67.9 cm³/mol. The molecule has 0 radical (unpaired) electrons. The average molecular weight is 264 g/mol. The fraction of sp³-hybridized carbons (Fsp3) is 0.231. The smallest absolute Gasteiger partial charge is 0.192 e. The van der Waals surface area contributed by atoms with Crippen molar-refractivity contribution >= 4 is 11.8 Å². The Kier molecular flexibility index (Phi) is 3.93. The molecular weight excluding hydrogens is 251 g/mol. The number of hydrogen-bond acceptors (Lipinski definition) is 4. The van der Waals surface area contributed by atoms with Crippen molar-refractivity contribution in [2.45, 2.75) is 30.0 Å². The highest BCUT2D eigenvalue weighted by molar-refractivity contribution is 7.99. The quantitative estimate of drug-likeness (QED) is 0.865. The van der Waals surface area contributed by atoms with Crippen LogP contribution in [0.5, 0.6) is 0 Å². The summed E-state index contributed by atoms with van der Waals surface area (Å²) in [4.78, 5) is 8.94. The largest absolute Gasteiger partial charge is 0.389 e. The van der Waals surface area contributed by atoms with E-state index in [9.17, 15) is 9.50 Å². The second-order valence-electron chi connectivity index (χ2n) is 3.97. The summed E-state index contributed by atoms with van der Waals surface area (Å²) < 4.78 is 13.7. The van der Waals surface area contributed by atoms with Gasteiger partial charge in [-0.3, -0.25) is 0 Å². The third kappa shape index (κ3) is 2.86. The van der Waals surface area contributed by atoms with Gasteiger partial charge in [-0.1, -0.05) is 6.07 Å². The Hall–Kier alpha value is -1.46. The van der Waals surface area contributed by atoms with Crippen LogP contribution in [0.1, 0.15) is 24.2 Å². The molecule has 2 rings (SSSR count). The minimum absolute atomic E-state index is 0.284.